The average Bonchev–Trinajstić information content (AvgIpc) is 2.57. The molecule has 0 saturated carbocycles. The van der Waals surface area contributed by atoms with Gasteiger partial charge in [0.2, 0.25) is 0 Å². The van der Waals surface area contributed by atoms with Crippen molar-refractivity contribution in [1.29, 1.82) is 0 Å². The highest BCUT2D eigenvalue weighted by molar-refractivity contribution is 6.31. The van der Waals surface area contributed by atoms with Crippen LogP contribution >= 0.6 is 11.6 Å². The number of aliphatic hydroxyl groups is 2. The summed E-state index contributed by atoms with van der Waals surface area (Å²) in [5, 5.41) is 21.3. The van der Waals surface area contributed by atoms with Crippen molar-refractivity contribution in [2.24, 2.45) is 4.99 Å². The molecule has 1 aliphatic rings. The number of urea groups is 1. The first-order valence-corrected chi connectivity index (χ1v) is 7.43. The van der Waals surface area contributed by atoms with Crippen molar-refractivity contribution in [3.05, 3.63) is 35.5 Å². The topological polar surface area (TPSA) is 94.4 Å². The molecule has 2 amide bonds. The quantitative estimate of drug-likeness (QED) is 0.737. The summed E-state index contributed by atoms with van der Waals surface area (Å²) in [7, 11) is 0. The number of carbonyl (C=O) groups is 1. The van der Waals surface area contributed by atoms with E-state index in [1.165, 1.54) is 4.90 Å². The average molecular weight is 340 g/mol. The van der Waals surface area contributed by atoms with Crippen LogP contribution in [0.1, 0.15) is 6.42 Å². The fourth-order valence-corrected chi connectivity index (χ4v) is 2.00. The van der Waals surface area contributed by atoms with E-state index < -0.39 is 6.10 Å². The highest BCUT2D eigenvalue weighted by Gasteiger charge is 2.15. The molecule has 0 aliphatic carbocycles. The fourth-order valence-electron chi connectivity index (χ4n) is 1.83. The van der Waals surface area contributed by atoms with Crippen LogP contribution in [0.4, 0.5) is 10.5 Å². The molecular weight excluding hydrogens is 322 g/mol. The highest BCUT2D eigenvalue weighted by atomic mass is 35.5. The number of allylic oxidation sites excluding steroid dienone is 1. The van der Waals surface area contributed by atoms with E-state index in [-0.39, 0.29) is 32.3 Å². The first-order valence-electron chi connectivity index (χ1n) is 7.05. The van der Waals surface area contributed by atoms with Gasteiger partial charge in [-0.3, -0.25) is 9.89 Å². The maximum Gasteiger partial charge on any atom is 0.327 e. The van der Waals surface area contributed by atoms with Crippen LogP contribution in [0.15, 0.2) is 35.5 Å². The van der Waals surface area contributed by atoms with Gasteiger partial charge in [0.25, 0.3) is 0 Å². The van der Waals surface area contributed by atoms with Gasteiger partial charge in [0.05, 0.1) is 25.0 Å². The number of benzene rings is 1. The zero-order valence-electron chi connectivity index (χ0n) is 12.4. The van der Waals surface area contributed by atoms with E-state index in [1.807, 2.05) is 0 Å². The van der Waals surface area contributed by atoms with E-state index in [9.17, 15) is 9.90 Å². The highest BCUT2D eigenvalue weighted by Crippen LogP contribution is 2.28. The summed E-state index contributed by atoms with van der Waals surface area (Å²) in [6, 6.07) is 4.49. The van der Waals surface area contributed by atoms with Crippen molar-refractivity contribution in [3.8, 4) is 5.75 Å². The van der Waals surface area contributed by atoms with Crippen LogP contribution in [0, 0.1) is 0 Å². The standard InChI is InChI=1S/C15H18ClN3O4/c16-11-2-3-14(23-7-4-12(21)9-20)13(8-11)18-15(22)19-6-1-5-17-10-19/h1-3,5-6,8,12,20-21H,4,7,9-10H2,(H,18,22). The van der Waals surface area contributed by atoms with Gasteiger partial charge in [-0.2, -0.15) is 0 Å². The maximum absolute atomic E-state index is 12.2. The van der Waals surface area contributed by atoms with E-state index in [2.05, 4.69) is 10.3 Å². The predicted octanol–water partition coefficient (Wildman–Crippen LogP) is 1.85. The molecule has 8 heteroatoms. The van der Waals surface area contributed by atoms with E-state index in [1.54, 1.807) is 36.7 Å². The number of nitrogens with zero attached hydrogens (tertiary/aromatic N) is 2. The zero-order chi connectivity index (χ0) is 16.7. The molecular formula is C15H18ClN3O4. The Bertz CT molecular complexity index is 606. The van der Waals surface area contributed by atoms with Crippen molar-refractivity contribution in [1.82, 2.24) is 4.90 Å². The Balaban J connectivity index is 2.01. The second-order valence-corrected chi connectivity index (χ2v) is 5.26. The second-order valence-electron chi connectivity index (χ2n) is 4.83. The van der Waals surface area contributed by atoms with Crippen LogP contribution in [0.3, 0.4) is 0 Å². The van der Waals surface area contributed by atoms with Crippen molar-refractivity contribution in [2.75, 3.05) is 25.2 Å². The number of aliphatic imine (C=N–C) groups is 1. The summed E-state index contributed by atoms with van der Waals surface area (Å²) in [6.45, 7) is 0.108. The zero-order valence-corrected chi connectivity index (χ0v) is 13.1. The minimum Gasteiger partial charge on any atom is -0.491 e. The lowest BCUT2D eigenvalue weighted by Gasteiger charge is -2.20. The maximum atomic E-state index is 12.2. The minimum atomic E-state index is -0.836. The van der Waals surface area contributed by atoms with Crippen LogP contribution in [0.5, 0.6) is 5.75 Å². The lowest BCUT2D eigenvalue weighted by atomic mass is 10.2. The third kappa shape index (κ3) is 5.24. The van der Waals surface area contributed by atoms with Crippen molar-refractivity contribution < 1.29 is 19.7 Å². The summed E-state index contributed by atoms with van der Waals surface area (Å²) in [6.07, 6.45) is 4.33. The van der Waals surface area contributed by atoms with Gasteiger partial charge in [-0.25, -0.2) is 4.79 Å². The normalized spacial score (nSPS) is 14.7. The van der Waals surface area contributed by atoms with Gasteiger partial charge in [-0.1, -0.05) is 11.6 Å². The van der Waals surface area contributed by atoms with Crippen LogP contribution in [-0.4, -0.2) is 53.3 Å². The predicted molar refractivity (Wildman–Crippen MR) is 88.0 cm³/mol. The molecule has 1 atom stereocenters. The monoisotopic (exact) mass is 339 g/mol. The molecule has 7 nitrogen and oxygen atoms in total. The van der Waals surface area contributed by atoms with E-state index >= 15 is 0 Å². The Morgan fingerprint density at radius 2 is 2.35 bits per heavy atom. The van der Waals surface area contributed by atoms with E-state index in [0.29, 0.717) is 16.5 Å². The van der Waals surface area contributed by atoms with Gasteiger partial charge in [-0.15, -0.1) is 0 Å². The van der Waals surface area contributed by atoms with Crippen molar-refractivity contribution >= 4 is 29.5 Å². The van der Waals surface area contributed by atoms with Gasteiger partial charge in [0.15, 0.2) is 0 Å². The Kier molecular flexibility index (Phi) is 6.40. The number of amides is 2. The van der Waals surface area contributed by atoms with Crippen LogP contribution < -0.4 is 10.1 Å². The first-order chi connectivity index (χ1) is 11.1. The summed E-state index contributed by atoms with van der Waals surface area (Å²) in [5.74, 6) is 0.428. The Labute approximate surface area is 138 Å². The molecule has 1 aliphatic heterocycles. The third-order valence-corrected chi connectivity index (χ3v) is 3.29. The molecule has 0 bridgehead atoms. The van der Waals surface area contributed by atoms with Crippen LogP contribution in [-0.2, 0) is 0 Å². The molecule has 0 spiro atoms. The lowest BCUT2D eigenvalue weighted by Crippen LogP contribution is -2.32. The fraction of sp³-hybridized carbons (Fsp3) is 0.333. The third-order valence-electron chi connectivity index (χ3n) is 3.05. The smallest absolute Gasteiger partial charge is 0.327 e. The van der Waals surface area contributed by atoms with Crippen LogP contribution in [0.25, 0.3) is 0 Å². The number of hydrogen-bond acceptors (Lipinski definition) is 5. The number of hydrogen-bond donors (Lipinski definition) is 3. The number of rotatable bonds is 6. The summed E-state index contributed by atoms with van der Waals surface area (Å²) in [5.41, 5.74) is 0.420. The molecule has 0 aromatic heterocycles. The molecule has 23 heavy (non-hydrogen) atoms. The van der Waals surface area contributed by atoms with Gasteiger partial charge in [-0.05, 0) is 24.3 Å². The second kappa shape index (κ2) is 8.52. The number of ether oxygens (including phenoxy) is 1. The number of carbonyl (C=O) groups excluding carboxylic acids is 1. The number of nitrogens with one attached hydrogen (secondary N) is 1. The van der Waals surface area contributed by atoms with E-state index in [4.69, 9.17) is 21.4 Å². The van der Waals surface area contributed by atoms with Gasteiger partial charge in [0, 0.05) is 23.9 Å². The van der Waals surface area contributed by atoms with Crippen molar-refractivity contribution in [3.63, 3.8) is 0 Å². The molecule has 0 saturated heterocycles. The lowest BCUT2D eigenvalue weighted by molar-refractivity contribution is 0.0755. The minimum absolute atomic E-state index is 0.195. The Morgan fingerprint density at radius 3 is 3.04 bits per heavy atom. The molecule has 1 heterocycles. The molecule has 0 radical (unpaired) electrons. The molecule has 2 rings (SSSR count). The summed E-state index contributed by atoms with van der Waals surface area (Å²) >= 11 is 5.96. The summed E-state index contributed by atoms with van der Waals surface area (Å²) < 4.78 is 5.54. The number of halogens is 1. The molecule has 124 valence electrons. The van der Waals surface area contributed by atoms with Crippen molar-refractivity contribution in [2.45, 2.75) is 12.5 Å². The largest absolute Gasteiger partial charge is 0.491 e. The molecule has 3 N–H and O–H groups in total. The van der Waals surface area contributed by atoms with Gasteiger partial charge >= 0.3 is 6.03 Å². The molecule has 1 unspecified atom stereocenters. The molecule has 0 fully saturated rings. The molecule has 1 aromatic rings. The molecule has 1 aromatic carbocycles. The van der Waals surface area contributed by atoms with E-state index in [0.717, 1.165) is 0 Å². The number of anilines is 1. The number of aliphatic hydroxyl groups excluding tert-OH is 2. The van der Waals surface area contributed by atoms with Crippen LogP contribution in [0.2, 0.25) is 5.02 Å². The van der Waals surface area contributed by atoms with Gasteiger partial charge < -0.3 is 20.3 Å². The Hall–Kier alpha value is -2.09. The Morgan fingerprint density at radius 1 is 1.52 bits per heavy atom. The van der Waals surface area contributed by atoms with Gasteiger partial charge in [0.1, 0.15) is 12.4 Å². The first kappa shape index (κ1) is 17.3. The summed E-state index contributed by atoms with van der Waals surface area (Å²) in [4.78, 5) is 17.6. The SMILES string of the molecule is O=C(Nc1cc(Cl)ccc1OCCC(O)CO)N1C=CC=NC1.